The van der Waals surface area contributed by atoms with E-state index in [0.717, 1.165) is 0 Å². The van der Waals surface area contributed by atoms with Crippen LogP contribution in [0.5, 0.6) is 0 Å². The molecule has 1 radical (unpaired) electrons. The molecule has 0 amide bonds. The van der Waals surface area contributed by atoms with Crippen molar-refractivity contribution in [1.82, 2.24) is 0 Å². The van der Waals surface area contributed by atoms with Gasteiger partial charge < -0.3 is 4.90 Å². The van der Waals surface area contributed by atoms with Gasteiger partial charge in [0.25, 0.3) is 0 Å². The zero-order valence-electron chi connectivity index (χ0n) is 23.3. The molecule has 8 rings (SSSR count). The molecule has 0 saturated carbocycles. The molecule has 0 unspecified atom stereocenters. The maximum absolute atomic E-state index is 7.39. The van der Waals surface area contributed by atoms with Crippen molar-refractivity contribution < 1.29 is 0 Å². The van der Waals surface area contributed by atoms with Gasteiger partial charge in [-0.25, -0.2) is 0 Å². The summed E-state index contributed by atoms with van der Waals surface area (Å²) in [5, 5.41) is 4.29. The van der Waals surface area contributed by atoms with Gasteiger partial charge in [-0.15, -0.1) is 0 Å². The highest BCUT2D eigenvalue weighted by Gasteiger charge is 2.44. The topological polar surface area (TPSA) is 3.24 Å². The average Bonchev–Trinajstić information content (AvgIpc) is 3.05. The zero-order valence-corrected chi connectivity index (χ0v) is 25.1. The Morgan fingerprint density at radius 1 is 0.548 bits per heavy atom. The van der Waals surface area contributed by atoms with Crippen LogP contribution in [0.25, 0.3) is 0 Å². The Hall–Kier alpha value is -4.24. The van der Waals surface area contributed by atoms with Crippen molar-refractivity contribution in [2.24, 2.45) is 0 Å². The largest absolute Gasteiger partial charge is 0.315 e. The fourth-order valence-electron chi connectivity index (χ4n) is 7.06. The van der Waals surface area contributed by atoms with E-state index in [0.29, 0.717) is 0 Å². The molecule has 0 N–H and O–H groups in total. The number of hydrogen-bond acceptors (Lipinski definition) is 1. The molecule has 197 valence electrons. The molecule has 6 aromatic rings. The van der Waals surface area contributed by atoms with Crippen molar-refractivity contribution in [3.63, 3.8) is 0 Å². The molecule has 0 spiro atoms. The summed E-state index contributed by atoms with van der Waals surface area (Å²) in [5.74, 6) is 0. The minimum atomic E-state index is -1.38. The van der Waals surface area contributed by atoms with Gasteiger partial charge in [-0.3, -0.25) is 0 Å². The average molecular weight is 571 g/mol. The van der Waals surface area contributed by atoms with Crippen LogP contribution in [0.4, 0.5) is 17.1 Å². The van der Waals surface area contributed by atoms with Gasteiger partial charge in [0.15, 0.2) is 8.80 Å². The predicted octanol–water partition coefficient (Wildman–Crippen LogP) is 3.47. The molecule has 0 fully saturated rings. The van der Waals surface area contributed by atoms with Crippen LogP contribution in [0.3, 0.4) is 0 Å². The predicted molar refractivity (Wildman–Crippen MR) is 185 cm³/mol. The van der Waals surface area contributed by atoms with E-state index in [1.165, 1.54) is 65.5 Å². The van der Waals surface area contributed by atoms with Crippen molar-refractivity contribution in [3.05, 3.63) is 151 Å². The van der Waals surface area contributed by atoms with Crippen LogP contribution in [0.2, 0.25) is 0 Å². The van der Waals surface area contributed by atoms with Crippen LogP contribution in [0.1, 0.15) is 5.56 Å². The number of rotatable bonds is 4. The standard InChI is InChI=1S/C37H27B2ClNSi/c1-26-14-5-6-17-28(26)39(40)31-20-9-12-24-35(31)42-34-23-11-8-19-30(34)38-29-18-7-10-21-32(29)41(27-15-3-2-4-16-27)33-22-13-25-36(42)37(33)38/h2-25H,1H3. The Labute approximate surface area is 255 Å². The van der Waals surface area contributed by atoms with Crippen LogP contribution >= 0.6 is 11.5 Å². The van der Waals surface area contributed by atoms with Gasteiger partial charge in [-0.05, 0) is 42.1 Å². The van der Waals surface area contributed by atoms with Gasteiger partial charge in [0.05, 0.1) is 0 Å². The van der Waals surface area contributed by atoms with Gasteiger partial charge in [-0.2, -0.15) is 11.5 Å². The lowest BCUT2D eigenvalue weighted by molar-refractivity contribution is 1.29. The first-order valence-corrected chi connectivity index (χ1v) is 16.5. The van der Waals surface area contributed by atoms with E-state index < -0.39 is 8.80 Å². The van der Waals surface area contributed by atoms with Gasteiger partial charge >= 0.3 is 6.13 Å². The molecule has 1 nitrogen and oxygen atoms in total. The van der Waals surface area contributed by atoms with Gasteiger partial charge in [0, 0.05) is 17.1 Å². The number of nitrogens with zero attached hydrogens (tertiary/aromatic N) is 1. The van der Waals surface area contributed by atoms with E-state index in [9.17, 15) is 0 Å². The third-order valence-corrected chi connectivity index (χ3v) is 12.3. The molecule has 0 aliphatic carbocycles. The molecular weight excluding hydrogens is 544 g/mol. The van der Waals surface area contributed by atoms with Crippen LogP contribution in [-0.2, 0) is 0 Å². The molecule has 42 heavy (non-hydrogen) atoms. The smallest absolute Gasteiger partial charge is 0.312 e. The number of hydrogen-bond donors (Lipinski definition) is 0. The Morgan fingerprint density at radius 2 is 1.14 bits per heavy atom. The molecule has 0 saturated heterocycles. The Kier molecular flexibility index (Phi) is 6.21. The minimum absolute atomic E-state index is 0.188. The van der Waals surface area contributed by atoms with Gasteiger partial charge in [-0.1, -0.05) is 159 Å². The van der Waals surface area contributed by atoms with E-state index in [2.05, 4.69) is 157 Å². The van der Waals surface area contributed by atoms with Crippen LogP contribution in [0.15, 0.2) is 146 Å². The highest BCUT2D eigenvalue weighted by Crippen LogP contribution is 2.35. The number of fused-ring (bicyclic) bond motifs is 4. The minimum Gasteiger partial charge on any atom is -0.312 e. The number of anilines is 3. The van der Waals surface area contributed by atoms with E-state index in [1.54, 1.807) is 0 Å². The number of aryl methyl sites for hydroxylation is 1. The second-order valence-corrected chi connectivity index (χ2v) is 14.0. The zero-order chi connectivity index (χ0) is 28.2. The van der Waals surface area contributed by atoms with Crippen molar-refractivity contribution >= 4 is 93.0 Å². The summed E-state index contributed by atoms with van der Waals surface area (Å²) >= 11 is 7.39. The van der Waals surface area contributed by atoms with E-state index in [-0.39, 0.29) is 12.8 Å². The second-order valence-electron chi connectivity index (χ2n) is 11.2. The van der Waals surface area contributed by atoms with E-state index in [4.69, 9.17) is 11.5 Å². The first-order chi connectivity index (χ1) is 20.7. The van der Waals surface area contributed by atoms with Crippen molar-refractivity contribution in [3.8, 4) is 0 Å². The molecule has 5 heteroatoms. The third-order valence-electron chi connectivity index (χ3n) is 8.89. The Morgan fingerprint density at radius 3 is 1.95 bits per heavy atom. The van der Waals surface area contributed by atoms with E-state index >= 15 is 0 Å². The summed E-state index contributed by atoms with van der Waals surface area (Å²) in [7, 11) is -1.38. The van der Waals surface area contributed by atoms with Crippen molar-refractivity contribution in [1.29, 1.82) is 0 Å². The Balaban J connectivity index is 1.40. The molecule has 2 heterocycles. The summed E-state index contributed by atoms with van der Waals surface area (Å²) in [6.45, 7) is 2.35. The number of benzene rings is 6. The molecule has 0 bridgehead atoms. The lowest BCUT2D eigenvalue weighted by atomic mass is 9.35. The molecule has 2 aliphatic rings. The summed E-state index contributed by atoms with van der Waals surface area (Å²) in [6, 6.07) is 53.3. The molecule has 2 aliphatic heterocycles. The first kappa shape index (κ1) is 25.5. The fraction of sp³-hybridized carbons (Fsp3) is 0.0270. The Bertz CT molecular complexity index is 1960. The molecular formula is C37H27B2ClNSi. The summed E-state index contributed by atoms with van der Waals surface area (Å²) in [6.07, 6.45) is -0.217. The highest BCUT2D eigenvalue weighted by molar-refractivity contribution is 7.24. The lowest BCUT2D eigenvalue weighted by Gasteiger charge is -2.42. The molecule has 0 atom stereocenters. The monoisotopic (exact) mass is 570 g/mol. The maximum atomic E-state index is 7.39. The highest BCUT2D eigenvalue weighted by atomic mass is 35.5. The van der Waals surface area contributed by atoms with Crippen molar-refractivity contribution in [2.45, 2.75) is 6.92 Å². The first-order valence-electron chi connectivity index (χ1n) is 14.5. The molecule has 0 aromatic heterocycles. The number of halogens is 1. The van der Waals surface area contributed by atoms with Gasteiger partial charge in [0.2, 0.25) is 6.71 Å². The van der Waals surface area contributed by atoms with Gasteiger partial charge in [0.1, 0.15) is 0 Å². The lowest BCUT2D eigenvalue weighted by Crippen LogP contribution is -2.78. The maximum Gasteiger partial charge on any atom is 0.315 e. The molecule has 6 aromatic carbocycles. The van der Waals surface area contributed by atoms with E-state index in [1.807, 2.05) is 0 Å². The summed E-state index contributed by atoms with van der Waals surface area (Å²) in [4.78, 5) is 2.46. The van der Waals surface area contributed by atoms with Crippen LogP contribution < -0.4 is 47.8 Å². The summed E-state index contributed by atoms with van der Waals surface area (Å²) in [5.41, 5.74) is 11.5. The third kappa shape index (κ3) is 3.86. The summed E-state index contributed by atoms with van der Waals surface area (Å²) < 4.78 is 0. The van der Waals surface area contributed by atoms with Crippen LogP contribution in [-0.4, -0.2) is 21.6 Å². The quantitative estimate of drug-likeness (QED) is 0.293. The normalized spacial score (nSPS) is 13.3. The number of para-hydroxylation sites is 2. The second kappa shape index (κ2) is 10.2. The SMILES string of the molecule is Cc1ccccc1B(Cl)c1ccccc1[Si]1c2ccccc2B2c3ccccc3N(c3ccccc3)c3cccc1c32. The fourth-order valence-corrected chi connectivity index (χ4v) is 10.8. The van der Waals surface area contributed by atoms with Crippen molar-refractivity contribution in [2.75, 3.05) is 4.90 Å². The van der Waals surface area contributed by atoms with Crippen LogP contribution in [0, 0.1) is 6.92 Å².